The smallest absolute Gasteiger partial charge is 0.302 e. The van der Waals surface area contributed by atoms with Gasteiger partial charge in [0.05, 0.1) is 11.5 Å². The monoisotopic (exact) mass is 225 g/mol. The Hall–Kier alpha value is -2.18. The van der Waals surface area contributed by atoms with Gasteiger partial charge < -0.3 is 10.1 Å². The Labute approximate surface area is 91.6 Å². The van der Waals surface area contributed by atoms with Gasteiger partial charge in [-0.2, -0.15) is 0 Å². The van der Waals surface area contributed by atoms with E-state index in [2.05, 4.69) is 15.0 Å². The number of hydrogen-bond acceptors (Lipinski definition) is 6. The van der Waals surface area contributed by atoms with Gasteiger partial charge in [-0.05, 0) is 6.07 Å². The number of aromatic nitrogens is 1. The Morgan fingerprint density at radius 3 is 2.88 bits per heavy atom. The first-order chi connectivity index (χ1) is 7.59. The van der Waals surface area contributed by atoms with Crippen molar-refractivity contribution in [2.45, 2.75) is 6.92 Å². The number of ether oxygens (including phenoxy) is 1. The van der Waals surface area contributed by atoms with Gasteiger partial charge in [0.1, 0.15) is 18.6 Å². The molecule has 1 rings (SSSR count). The van der Waals surface area contributed by atoms with E-state index >= 15 is 0 Å². The van der Waals surface area contributed by atoms with Gasteiger partial charge in [-0.25, -0.2) is 4.98 Å². The van der Waals surface area contributed by atoms with E-state index in [1.54, 1.807) is 0 Å². The molecule has 1 heterocycles. The Balaban J connectivity index is 2.38. The average molecular weight is 225 g/mol. The Bertz CT molecular complexity index is 377. The molecule has 16 heavy (non-hydrogen) atoms. The van der Waals surface area contributed by atoms with Gasteiger partial charge in [0, 0.05) is 13.0 Å². The minimum Gasteiger partial charge on any atom is -0.464 e. The molecular formula is C9H11N3O4. The highest BCUT2D eigenvalue weighted by atomic mass is 16.6. The fourth-order valence-electron chi connectivity index (χ4n) is 0.972. The number of pyridine rings is 1. The third kappa shape index (κ3) is 3.91. The van der Waals surface area contributed by atoms with E-state index < -0.39 is 4.92 Å². The van der Waals surface area contributed by atoms with Crippen molar-refractivity contribution in [1.82, 2.24) is 4.98 Å². The van der Waals surface area contributed by atoms with Crippen LogP contribution in [-0.4, -0.2) is 29.0 Å². The molecule has 86 valence electrons. The lowest BCUT2D eigenvalue weighted by molar-refractivity contribution is -0.385. The molecule has 0 atom stereocenters. The molecule has 0 aliphatic carbocycles. The zero-order valence-corrected chi connectivity index (χ0v) is 8.67. The first kappa shape index (κ1) is 11.9. The van der Waals surface area contributed by atoms with Crippen molar-refractivity contribution in [2.24, 2.45) is 0 Å². The van der Waals surface area contributed by atoms with Crippen LogP contribution in [0.15, 0.2) is 18.3 Å². The second-order valence-corrected chi connectivity index (χ2v) is 2.93. The van der Waals surface area contributed by atoms with Gasteiger partial charge in [-0.1, -0.05) is 0 Å². The molecule has 0 spiro atoms. The molecule has 0 radical (unpaired) electrons. The molecule has 0 fully saturated rings. The molecule has 0 saturated carbocycles. The second-order valence-electron chi connectivity index (χ2n) is 2.93. The minimum absolute atomic E-state index is 0.0643. The van der Waals surface area contributed by atoms with E-state index in [1.165, 1.54) is 19.1 Å². The van der Waals surface area contributed by atoms with Crippen molar-refractivity contribution in [3.63, 3.8) is 0 Å². The molecule has 0 aromatic carbocycles. The van der Waals surface area contributed by atoms with Crippen LogP contribution in [0.3, 0.4) is 0 Å². The number of esters is 1. The van der Waals surface area contributed by atoms with Crippen LogP contribution in [0.5, 0.6) is 0 Å². The highest BCUT2D eigenvalue weighted by Gasteiger charge is 2.04. The zero-order valence-electron chi connectivity index (χ0n) is 8.67. The van der Waals surface area contributed by atoms with Crippen molar-refractivity contribution in [1.29, 1.82) is 0 Å². The molecule has 7 heteroatoms. The molecule has 0 bridgehead atoms. The average Bonchev–Trinajstić information content (AvgIpc) is 2.25. The zero-order chi connectivity index (χ0) is 12.0. The van der Waals surface area contributed by atoms with Gasteiger partial charge in [-0.15, -0.1) is 0 Å². The normalized spacial score (nSPS) is 9.56. The maximum Gasteiger partial charge on any atom is 0.302 e. The summed E-state index contributed by atoms with van der Waals surface area (Å²) >= 11 is 0. The second kappa shape index (κ2) is 5.64. The number of anilines is 1. The topological polar surface area (TPSA) is 94.4 Å². The van der Waals surface area contributed by atoms with E-state index in [1.807, 2.05) is 0 Å². The van der Waals surface area contributed by atoms with Gasteiger partial charge >= 0.3 is 5.97 Å². The van der Waals surface area contributed by atoms with Crippen LogP contribution < -0.4 is 5.32 Å². The van der Waals surface area contributed by atoms with Crippen LogP contribution in [0, 0.1) is 10.1 Å². The molecule has 7 nitrogen and oxygen atoms in total. The molecule has 1 aromatic heterocycles. The van der Waals surface area contributed by atoms with E-state index in [0.717, 1.165) is 6.20 Å². The van der Waals surface area contributed by atoms with Crippen molar-refractivity contribution in [3.8, 4) is 0 Å². The number of carbonyl (C=O) groups excluding carboxylic acids is 1. The maximum atomic E-state index is 10.4. The summed E-state index contributed by atoms with van der Waals surface area (Å²) in [5.41, 5.74) is -0.0643. The summed E-state index contributed by atoms with van der Waals surface area (Å²) in [5, 5.41) is 13.2. The van der Waals surface area contributed by atoms with Crippen molar-refractivity contribution >= 4 is 17.5 Å². The summed E-state index contributed by atoms with van der Waals surface area (Å²) in [5.74, 6) is 0.149. The van der Waals surface area contributed by atoms with Gasteiger partial charge in [0.25, 0.3) is 5.69 Å². The van der Waals surface area contributed by atoms with Crippen LogP contribution >= 0.6 is 0 Å². The Morgan fingerprint density at radius 1 is 1.62 bits per heavy atom. The van der Waals surface area contributed by atoms with E-state index in [4.69, 9.17) is 0 Å². The molecule has 0 amide bonds. The molecular weight excluding hydrogens is 214 g/mol. The maximum absolute atomic E-state index is 10.4. The van der Waals surface area contributed by atoms with E-state index in [0.29, 0.717) is 12.4 Å². The third-order valence-electron chi connectivity index (χ3n) is 1.67. The van der Waals surface area contributed by atoms with Crippen molar-refractivity contribution in [3.05, 3.63) is 28.4 Å². The van der Waals surface area contributed by atoms with Crippen molar-refractivity contribution < 1.29 is 14.5 Å². The number of nitrogens with zero attached hydrogens (tertiary/aromatic N) is 2. The highest BCUT2D eigenvalue weighted by molar-refractivity contribution is 5.65. The number of carbonyl (C=O) groups is 1. The van der Waals surface area contributed by atoms with Gasteiger partial charge in [-0.3, -0.25) is 14.9 Å². The number of nitrogens with one attached hydrogen (secondary N) is 1. The largest absolute Gasteiger partial charge is 0.464 e. The SMILES string of the molecule is CC(=O)OCCNc1ccc([N+](=O)[O-])cn1. The predicted octanol–water partition coefficient (Wildman–Crippen LogP) is 0.965. The van der Waals surface area contributed by atoms with Crippen LogP contribution in [0.1, 0.15) is 6.92 Å². The molecule has 0 aliphatic rings. The molecule has 1 N–H and O–H groups in total. The molecule has 0 unspecified atom stereocenters. The lowest BCUT2D eigenvalue weighted by Gasteiger charge is -2.04. The van der Waals surface area contributed by atoms with E-state index in [-0.39, 0.29) is 18.3 Å². The first-order valence-electron chi connectivity index (χ1n) is 4.57. The molecule has 0 aliphatic heterocycles. The third-order valence-corrected chi connectivity index (χ3v) is 1.67. The van der Waals surface area contributed by atoms with Crippen LogP contribution in [-0.2, 0) is 9.53 Å². The Kier molecular flexibility index (Phi) is 4.19. The summed E-state index contributed by atoms with van der Waals surface area (Å²) in [6.07, 6.45) is 1.16. The quantitative estimate of drug-likeness (QED) is 0.347. The van der Waals surface area contributed by atoms with Gasteiger partial charge in [0.15, 0.2) is 0 Å². The standard InChI is InChI=1S/C9H11N3O4/c1-7(13)16-5-4-10-9-3-2-8(6-11-9)12(14)15/h2-3,6H,4-5H2,1H3,(H,10,11). The number of hydrogen-bond donors (Lipinski definition) is 1. The molecule has 0 saturated heterocycles. The first-order valence-corrected chi connectivity index (χ1v) is 4.57. The van der Waals surface area contributed by atoms with Crippen molar-refractivity contribution in [2.75, 3.05) is 18.5 Å². The summed E-state index contributed by atoms with van der Waals surface area (Å²) < 4.78 is 4.69. The van der Waals surface area contributed by atoms with Crippen LogP contribution in [0.25, 0.3) is 0 Å². The van der Waals surface area contributed by atoms with Crippen LogP contribution in [0.2, 0.25) is 0 Å². The Morgan fingerprint density at radius 2 is 2.38 bits per heavy atom. The summed E-state index contributed by atoms with van der Waals surface area (Å²) in [7, 11) is 0. The molecule has 1 aromatic rings. The summed E-state index contributed by atoms with van der Waals surface area (Å²) in [6, 6.07) is 2.84. The fourth-order valence-corrected chi connectivity index (χ4v) is 0.972. The fraction of sp³-hybridized carbons (Fsp3) is 0.333. The highest BCUT2D eigenvalue weighted by Crippen LogP contribution is 2.11. The number of nitro groups is 1. The predicted molar refractivity (Wildman–Crippen MR) is 56.0 cm³/mol. The number of rotatable bonds is 5. The minimum atomic E-state index is -0.518. The lowest BCUT2D eigenvalue weighted by atomic mass is 10.4. The summed E-state index contributed by atoms with van der Waals surface area (Å²) in [4.78, 5) is 24.1. The summed E-state index contributed by atoms with van der Waals surface area (Å²) in [6.45, 7) is 1.96. The lowest BCUT2D eigenvalue weighted by Crippen LogP contribution is -2.12. The van der Waals surface area contributed by atoms with E-state index in [9.17, 15) is 14.9 Å². The van der Waals surface area contributed by atoms with Crippen LogP contribution in [0.4, 0.5) is 11.5 Å². The van der Waals surface area contributed by atoms with Gasteiger partial charge in [0.2, 0.25) is 0 Å².